The molecule has 7 heteroatoms. The Labute approximate surface area is 131 Å². The molecule has 3 N–H and O–H groups in total. The number of benzene rings is 1. The molecule has 4 nitrogen and oxygen atoms in total. The van der Waals surface area contributed by atoms with Crippen LogP contribution in [0.2, 0.25) is 10.0 Å². The van der Waals surface area contributed by atoms with Crippen molar-refractivity contribution in [1.82, 2.24) is 0 Å². The minimum absolute atomic E-state index is 0.141. The highest BCUT2D eigenvalue weighted by Crippen LogP contribution is 2.32. The maximum Gasteiger partial charge on any atom is 0.225 e. The van der Waals surface area contributed by atoms with E-state index in [2.05, 4.69) is 5.32 Å². The summed E-state index contributed by atoms with van der Waals surface area (Å²) >= 11 is 11.8. The predicted octanol–water partition coefficient (Wildman–Crippen LogP) is 3.45. The van der Waals surface area contributed by atoms with Gasteiger partial charge < -0.3 is 11.1 Å². The molecule has 1 aromatic carbocycles. The van der Waals surface area contributed by atoms with Gasteiger partial charge in [0.05, 0.1) is 16.4 Å². The van der Waals surface area contributed by atoms with E-state index in [0.29, 0.717) is 22.2 Å². The lowest BCUT2D eigenvalue weighted by Crippen LogP contribution is -2.26. The van der Waals surface area contributed by atoms with E-state index in [1.165, 1.54) is 12.1 Å². The molecule has 0 bridgehead atoms. The molecule has 112 valence electrons. The molecule has 1 amide bonds. The van der Waals surface area contributed by atoms with Crippen LogP contribution in [-0.4, -0.2) is 20.6 Å². The first kappa shape index (κ1) is 17.3. The van der Waals surface area contributed by atoms with Gasteiger partial charge in [-0.05, 0) is 32.9 Å². The minimum atomic E-state index is -1.08. The van der Waals surface area contributed by atoms with E-state index in [1.54, 1.807) is 0 Å². The quantitative estimate of drug-likeness (QED) is 0.827. The molecule has 0 radical (unpaired) electrons. The number of amides is 1. The molecule has 1 atom stereocenters. The van der Waals surface area contributed by atoms with Crippen LogP contribution < -0.4 is 11.1 Å². The number of carbonyl (C=O) groups excluding carboxylic acids is 1. The Bertz CT molecular complexity index is 519. The molecule has 0 aliphatic rings. The van der Waals surface area contributed by atoms with E-state index in [1.807, 2.05) is 20.8 Å². The van der Waals surface area contributed by atoms with Crippen molar-refractivity contribution in [3.05, 3.63) is 22.2 Å². The SMILES string of the molecule is CC(C)(C)S(=O)CCC(=O)Nc1c(N)cc(Cl)cc1Cl. The van der Waals surface area contributed by atoms with Gasteiger partial charge in [0.25, 0.3) is 0 Å². The molecule has 0 saturated carbocycles. The fraction of sp³-hybridized carbons (Fsp3) is 0.462. The molecule has 0 spiro atoms. The van der Waals surface area contributed by atoms with E-state index >= 15 is 0 Å². The second kappa shape index (κ2) is 6.78. The summed E-state index contributed by atoms with van der Waals surface area (Å²) in [6, 6.07) is 3.01. The molecule has 0 aromatic heterocycles. The first-order chi connectivity index (χ1) is 9.11. The van der Waals surface area contributed by atoms with Crippen molar-refractivity contribution in [2.75, 3.05) is 16.8 Å². The standard InChI is InChI=1S/C13H18Cl2N2O2S/c1-13(2,3)20(19)5-4-11(18)17-12-9(15)6-8(14)7-10(12)16/h6-7H,4-5,16H2,1-3H3,(H,17,18). The number of rotatable bonds is 4. The van der Waals surface area contributed by atoms with Crippen LogP contribution in [-0.2, 0) is 15.6 Å². The highest BCUT2D eigenvalue weighted by atomic mass is 35.5. The Hall–Kier alpha value is -0.780. The third-order valence-electron chi connectivity index (χ3n) is 2.55. The summed E-state index contributed by atoms with van der Waals surface area (Å²) in [5.74, 6) is 0.0130. The van der Waals surface area contributed by atoms with Crippen molar-refractivity contribution in [2.45, 2.75) is 31.9 Å². The van der Waals surface area contributed by atoms with Crippen molar-refractivity contribution >= 4 is 51.3 Å². The second-order valence-corrected chi connectivity index (χ2v) is 8.48. The normalized spacial score (nSPS) is 13.1. The van der Waals surface area contributed by atoms with Crippen molar-refractivity contribution < 1.29 is 9.00 Å². The summed E-state index contributed by atoms with van der Waals surface area (Å²) < 4.78 is 11.5. The molecule has 1 unspecified atom stereocenters. The van der Waals surface area contributed by atoms with E-state index in [-0.39, 0.29) is 22.1 Å². The van der Waals surface area contributed by atoms with Crippen LogP contribution in [0.3, 0.4) is 0 Å². The number of carbonyl (C=O) groups is 1. The van der Waals surface area contributed by atoms with Crippen molar-refractivity contribution in [3.63, 3.8) is 0 Å². The first-order valence-electron chi connectivity index (χ1n) is 6.04. The highest BCUT2D eigenvalue weighted by molar-refractivity contribution is 7.86. The van der Waals surface area contributed by atoms with E-state index in [0.717, 1.165) is 0 Å². The van der Waals surface area contributed by atoms with Crippen LogP contribution in [0.4, 0.5) is 11.4 Å². The van der Waals surface area contributed by atoms with Gasteiger partial charge in [-0.3, -0.25) is 9.00 Å². The number of hydrogen-bond acceptors (Lipinski definition) is 3. The number of hydrogen-bond donors (Lipinski definition) is 2. The maximum absolute atomic E-state index is 11.9. The zero-order chi connectivity index (χ0) is 15.5. The average Bonchev–Trinajstić information content (AvgIpc) is 2.29. The number of anilines is 2. The van der Waals surface area contributed by atoms with Gasteiger partial charge in [-0.25, -0.2) is 0 Å². The van der Waals surface area contributed by atoms with Gasteiger partial charge in [0.15, 0.2) is 0 Å². The van der Waals surface area contributed by atoms with Gasteiger partial charge in [-0.15, -0.1) is 0 Å². The van der Waals surface area contributed by atoms with E-state index in [4.69, 9.17) is 28.9 Å². The Balaban J connectivity index is 2.67. The number of nitrogens with one attached hydrogen (secondary N) is 1. The fourth-order valence-corrected chi connectivity index (χ4v) is 2.96. The maximum atomic E-state index is 11.9. The molecule has 0 aliphatic carbocycles. The lowest BCUT2D eigenvalue weighted by molar-refractivity contribution is -0.115. The number of halogens is 2. The third kappa shape index (κ3) is 4.96. The van der Waals surface area contributed by atoms with Crippen molar-refractivity contribution in [3.8, 4) is 0 Å². The average molecular weight is 337 g/mol. The van der Waals surface area contributed by atoms with Crippen LogP contribution in [0.5, 0.6) is 0 Å². The zero-order valence-electron chi connectivity index (χ0n) is 11.6. The molecular weight excluding hydrogens is 319 g/mol. The van der Waals surface area contributed by atoms with Gasteiger partial charge >= 0.3 is 0 Å². The Morgan fingerprint density at radius 1 is 1.35 bits per heavy atom. The summed E-state index contributed by atoms with van der Waals surface area (Å²) in [5, 5.41) is 3.30. The Kier molecular flexibility index (Phi) is 5.86. The van der Waals surface area contributed by atoms with E-state index in [9.17, 15) is 9.00 Å². The minimum Gasteiger partial charge on any atom is -0.397 e. The summed E-state index contributed by atoms with van der Waals surface area (Å²) in [4.78, 5) is 11.8. The van der Waals surface area contributed by atoms with Gasteiger partial charge in [-0.2, -0.15) is 0 Å². The largest absolute Gasteiger partial charge is 0.397 e. The molecule has 0 heterocycles. The molecule has 1 aromatic rings. The number of nitrogen functional groups attached to an aromatic ring is 1. The third-order valence-corrected chi connectivity index (χ3v) is 5.00. The lowest BCUT2D eigenvalue weighted by atomic mass is 10.2. The monoisotopic (exact) mass is 336 g/mol. The van der Waals surface area contributed by atoms with Gasteiger partial charge in [-0.1, -0.05) is 23.2 Å². The number of nitrogens with two attached hydrogens (primary N) is 1. The molecule has 1 rings (SSSR count). The zero-order valence-corrected chi connectivity index (χ0v) is 14.0. The van der Waals surface area contributed by atoms with Crippen LogP contribution in [0, 0.1) is 0 Å². The highest BCUT2D eigenvalue weighted by Gasteiger charge is 2.20. The Morgan fingerprint density at radius 3 is 2.45 bits per heavy atom. The van der Waals surface area contributed by atoms with Gasteiger partial charge in [0, 0.05) is 32.7 Å². The Morgan fingerprint density at radius 2 is 1.95 bits per heavy atom. The topological polar surface area (TPSA) is 72.2 Å². The predicted molar refractivity (Wildman–Crippen MR) is 86.9 cm³/mol. The smallest absolute Gasteiger partial charge is 0.225 e. The van der Waals surface area contributed by atoms with Crippen LogP contribution in [0.25, 0.3) is 0 Å². The molecule has 0 fully saturated rings. The van der Waals surface area contributed by atoms with E-state index < -0.39 is 10.8 Å². The summed E-state index contributed by atoms with van der Waals surface area (Å²) in [6.07, 6.45) is 0.141. The summed E-state index contributed by atoms with van der Waals surface area (Å²) in [7, 11) is -1.08. The molecular formula is C13H18Cl2N2O2S. The van der Waals surface area contributed by atoms with Crippen LogP contribution in [0.1, 0.15) is 27.2 Å². The first-order valence-corrected chi connectivity index (χ1v) is 8.11. The fourth-order valence-electron chi connectivity index (χ4n) is 1.42. The second-order valence-electron chi connectivity index (χ2n) is 5.31. The lowest BCUT2D eigenvalue weighted by Gasteiger charge is -2.17. The van der Waals surface area contributed by atoms with Gasteiger partial charge in [0.2, 0.25) is 5.91 Å². The van der Waals surface area contributed by atoms with Gasteiger partial charge in [0.1, 0.15) is 0 Å². The van der Waals surface area contributed by atoms with Crippen molar-refractivity contribution in [2.24, 2.45) is 0 Å². The molecule has 20 heavy (non-hydrogen) atoms. The molecule has 0 saturated heterocycles. The van der Waals surface area contributed by atoms with Crippen LogP contribution in [0.15, 0.2) is 12.1 Å². The van der Waals surface area contributed by atoms with Crippen LogP contribution >= 0.6 is 23.2 Å². The van der Waals surface area contributed by atoms with Crippen molar-refractivity contribution in [1.29, 1.82) is 0 Å². The molecule has 0 aliphatic heterocycles. The summed E-state index contributed by atoms with van der Waals surface area (Å²) in [6.45, 7) is 5.61. The summed E-state index contributed by atoms with van der Waals surface area (Å²) in [5.41, 5.74) is 6.39.